The lowest BCUT2D eigenvalue weighted by Gasteiger charge is -2.23. The lowest BCUT2D eigenvalue weighted by atomic mass is 9.88. The molecule has 0 aliphatic carbocycles. The highest BCUT2D eigenvalue weighted by Crippen LogP contribution is 2.23. The van der Waals surface area contributed by atoms with Crippen LogP contribution >= 0.6 is 15.9 Å². The first-order chi connectivity index (χ1) is 9.12. The number of carbonyl (C=O) groups is 1. The number of aliphatic carboxylic acids is 1. The van der Waals surface area contributed by atoms with E-state index in [1.165, 1.54) is 19.1 Å². The Morgan fingerprint density at radius 3 is 2.50 bits per heavy atom. The fourth-order valence-electron chi connectivity index (χ4n) is 1.47. The van der Waals surface area contributed by atoms with Gasteiger partial charge in [0.2, 0.25) is 10.0 Å². The zero-order valence-electron chi connectivity index (χ0n) is 11.6. The maximum atomic E-state index is 12.2. The molecule has 1 atom stereocenters. The zero-order chi connectivity index (χ0) is 15.6. The molecule has 0 bridgehead atoms. The van der Waals surface area contributed by atoms with Crippen LogP contribution < -0.4 is 4.72 Å². The fourth-order valence-corrected chi connectivity index (χ4v) is 2.97. The summed E-state index contributed by atoms with van der Waals surface area (Å²) in [6, 6.07) is 4.67. The van der Waals surface area contributed by atoms with Crippen LogP contribution in [0.2, 0.25) is 0 Å². The maximum absolute atomic E-state index is 12.2. The van der Waals surface area contributed by atoms with E-state index < -0.39 is 21.4 Å². The molecule has 0 amide bonds. The average Bonchev–Trinajstić information content (AvgIpc) is 2.38. The van der Waals surface area contributed by atoms with Crippen LogP contribution in [0.1, 0.15) is 25.8 Å². The number of carboxylic acids is 1. The summed E-state index contributed by atoms with van der Waals surface area (Å²) in [6.45, 7) is 4.88. The third kappa shape index (κ3) is 3.80. The molecule has 0 saturated heterocycles. The third-order valence-corrected chi connectivity index (χ3v) is 5.68. The molecule has 0 radical (unpaired) electrons. The smallest absolute Gasteiger partial charge is 0.310 e. The van der Waals surface area contributed by atoms with Crippen LogP contribution in [0, 0.1) is 12.3 Å². The Morgan fingerprint density at radius 2 is 2.05 bits per heavy atom. The molecule has 0 aliphatic rings. The number of benzene rings is 1. The molecule has 0 saturated carbocycles. The minimum absolute atomic E-state index is 0.127. The van der Waals surface area contributed by atoms with Crippen LogP contribution in [-0.4, -0.2) is 26.0 Å². The summed E-state index contributed by atoms with van der Waals surface area (Å²) in [5.41, 5.74) is -0.318. The highest BCUT2D eigenvalue weighted by Gasteiger charge is 2.32. The van der Waals surface area contributed by atoms with Crippen LogP contribution in [-0.2, 0) is 14.8 Å². The van der Waals surface area contributed by atoms with Gasteiger partial charge in [0.15, 0.2) is 0 Å². The fraction of sp³-hybridized carbons (Fsp3) is 0.462. The van der Waals surface area contributed by atoms with Crippen LogP contribution in [0.3, 0.4) is 0 Å². The van der Waals surface area contributed by atoms with Crippen molar-refractivity contribution in [3.63, 3.8) is 0 Å². The van der Waals surface area contributed by atoms with E-state index in [1.54, 1.807) is 19.9 Å². The monoisotopic (exact) mass is 363 g/mol. The van der Waals surface area contributed by atoms with Crippen molar-refractivity contribution in [1.82, 2.24) is 4.72 Å². The molecular weight excluding hydrogens is 346 g/mol. The van der Waals surface area contributed by atoms with Gasteiger partial charge in [-0.3, -0.25) is 4.79 Å². The van der Waals surface area contributed by atoms with Crippen molar-refractivity contribution in [2.45, 2.75) is 32.1 Å². The quantitative estimate of drug-likeness (QED) is 0.813. The van der Waals surface area contributed by atoms with Gasteiger partial charge in [0.25, 0.3) is 0 Å². The van der Waals surface area contributed by atoms with Crippen molar-refractivity contribution in [2.24, 2.45) is 5.41 Å². The van der Waals surface area contributed by atoms with Gasteiger partial charge in [-0.25, -0.2) is 13.1 Å². The van der Waals surface area contributed by atoms with Crippen molar-refractivity contribution >= 4 is 31.9 Å². The number of halogens is 1. The SMILES string of the molecule is CCC(C)(CNS(=O)(=O)c1ccc(Br)c(C)c1)C(=O)O. The van der Waals surface area contributed by atoms with Gasteiger partial charge in [0.1, 0.15) is 0 Å². The topological polar surface area (TPSA) is 83.5 Å². The standard InChI is InChI=1S/C13H18BrNO4S/c1-4-13(3,12(16)17)8-15-20(18,19)10-5-6-11(14)9(2)7-10/h5-7,15H,4,8H2,1-3H3,(H,16,17). The van der Waals surface area contributed by atoms with Crippen molar-refractivity contribution < 1.29 is 18.3 Å². The highest BCUT2D eigenvalue weighted by atomic mass is 79.9. The second kappa shape index (κ2) is 6.24. The number of aryl methyl sites for hydroxylation is 1. The summed E-state index contributed by atoms with van der Waals surface area (Å²) in [6.07, 6.45) is 0.338. The molecule has 0 fully saturated rings. The number of nitrogens with one attached hydrogen (secondary N) is 1. The minimum atomic E-state index is -3.71. The Hall–Kier alpha value is -0.920. The normalized spacial score (nSPS) is 14.8. The van der Waals surface area contributed by atoms with Gasteiger partial charge in [0, 0.05) is 11.0 Å². The molecule has 0 spiro atoms. The van der Waals surface area contributed by atoms with Crippen LogP contribution in [0.15, 0.2) is 27.6 Å². The summed E-state index contributed by atoms with van der Waals surface area (Å²) in [7, 11) is -3.71. The second-order valence-corrected chi connectivity index (χ2v) is 7.58. The van der Waals surface area contributed by atoms with Crippen molar-refractivity contribution in [3.05, 3.63) is 28.2 Å². The Bertz CT molecular complexity index is 615. The number of rotatable bonds is 6. The van der Waals surface area contributed by atoms with Gasteiger partial charge < -0.3 is 5.11 Å². The van der Waals surface area contributed by atoms with E-state index in [-0.39, 0.29) is 11.4 Å². The van der Waals surface area contributed by atoms with Crippen LogP contribution in [0.4, 0.5) is 0 Å². The van der Waals surface area contributed by atoms with Crippen molar-refractivity contribution in [1.29, 1.82) is 0 Å². The number of hydrogen-bond donors (Lipinski definition) is 2. The van der Waals surface area contributed by atoms with E-state index in [2.05, 4.69) is 20.7 Å². The summed E-state index contributed by atoms with van der Waals surface area (Å²) >= 11 is 3.30. The first-order valence-electron chi connectivity index (χ1n) is 6.11. The van der Waals surface area contributed by atoms with E-state index in [4.69, 9.17) is 5.11 Å². The Labute approximate surface area is 127 Å². The summed E-state index contributed by atoms with van der Waals surface area (Å²) in [5, 5.41) is 9.14. The maximum Gasteiger partial charge on any atom is 0.310 e. The molecule has 1 rings (SSSR count). The van der Waals surface area contributed by atoms with Gasteiger partial charge in [0.05, 0.1) is 10.3 Å². The largest absolute Gasteiger partial charge is 0.481 e. The molecule has 112 valence electrons. The molecule has 1 unspecified atom stereocenters. The lowest BCUT2D eigenvalue weighted by Crippen LogP contribution is -2.40. The van der Waals surface area contributed by atoms with Crippen molar-refractivity contribution in [3.8, 4) is 0 Å². The van der Waals surface area contributed by atoms with Gasteiger partial charge in [-0.1, -0.05) is 22.9 Å². The summed E-state index contributed by atoms with van der Waals surface area (Å²) < 4.78 is 27.5. The van der Waals surface area contributed by atoms with E-state index >= 15 is 0 Å². The van der Waals surface area contributed by atoms with Gasteiger partial charge in [-0.05, 0) is 44.0 Å². The molecule has 0 aliphatic heterocycles. The van der Waals surface area contributed by atoms with Crippen LogP contribution in [0.5, 0.6) is 0 Å². The van der Waals surface area contributed by atoms with Crippen molar-refractivity contribution in [2.75, 3.05) is 6.54 Å². The molecular formula is C13H18BrNO4S. The highest BCUT2D eigenvalue weighted by molar-refractivity contribution is 9.10. The molecule has 1 aromatic rings. The first kappa shape index (κ1) is 17.1. The predicted octanol–water partition coefficient (Wildman–Crippen LogP) is 2.54. The molecule has 5 nitrogen and oxygen atoms in total. The molecule has 2 N–H and O–H groups in total. The van der Waals surface area contributed by atoms with E-state index in [0.717, 1.165) is 10.0 Å². The van der Waals surface area contributed by atoms with E-state index in [9.17, 15) is 13.2 Å². The molecule has 1 aromatic carbocycles. The Morgan fingerprint density at radius 1 is 1.45 bits per heavy atom. The summed E-state index contributed by atoms with van der Waals surface area (Å²) in [4.78, 5) is 11.3. The van der Waals surface area contributed by atoms with Gasteiger partial charge >= 0.3 is 5.97 Å². The number of sulfonamides is 1. The predicted molar refractivity (Wildman–Crippen MR) is 80.1 cm³/mol. The Kier molecular flexibility index (Phi) is 5.34. The van der Waals surface area contributed by atoms with Gasteiger partial charge in [-0.2, -0.15) is 0 Å². The zero-order valence-corrected chi connectivity index (χ0v) is 14.0. The molecule has 7 heteroatoms. The third-order valence-electron chi connectivity index (χ3n) is 3.39. The minimum Gasteiger partial charge on any atom is -0.481 e. The summed E-state index contributed by atoms with van der Waals surface area (Å²) in [5.74, 6) is -1.02. The number of carboxylic acid groups (broad SMARTS) is 1. The Balaban J connectivity index is 2.96. The first-order valence-corrected chi connectivity index (χ1v) is 8.39. The molecule has 20 heavy (non-hydrogen) atoms. The molecule has 0 aromatic heterocycles. The number of hydrogen-bond acceptors (Lipinski definition) is 3. The average molecular weight is 364 g/mol. The van der Waals surface area contributed by atoms with E-state index in [1.807, 2.05) is 0 Å². The van der Waals surface area contributed by atoms with Crippen LogP contribution in [0.25, 0.3) is 0 Å². The van der Waals surface area contributed by atoms with E-state index in [0.29, 0.717) is 6.42 Å². The molecule has 0 heterocycles. The van der Waals surface area contributed by atoms with Gasteiger partial charge in [-0.15, -0.1) is 0 Å². The second-order valence-electron chi connectivity index (χ2n) is 4.95. The lowest BCUT2D eigenvalue weighted by molar-refractivity contribution is -0.147.